The van der Waals surface area contributed by atoms with E-state index in [1.54, 1.807) is 0 Å². The van der Waals surface area contributed by atoms with Crippen LogP contribution in [-0.2, 0) is 17.6 Å². The molecule has 0 amide bonds. The minimum absolute atomic E-state index is 0. The van der Waals surface area contributed by atoms with Gasteiger partial charge in [-0.05, 0) is 19.3 Å². The van der Waals surface area contributed by atoms with Crippen LogP contribution in [0.5, 0.6) is 0 Å². The summed E-state index contributed by atoms with van der Waals surface area (Å²) >= 11 is 1.95. The van der Waals surface area contributed by atoms with Gasteiger partial charge >= 0.3 is 0 Å². The van der Waals surface area contributed by atoms with Crippen LogP contribution in [-0.4, -0.2) is 31.3 Å². The summed E-state index contributed by atoms with van der Waals surface area (Å²) in [5.41, 5.74) is 1.36. The van der Waals surface area contributed by atoms with Gasteiger partial charge in [0.25, 0.3) is 0 Å². The Kier molecular flexibility index (Phi) is 4.97. The number of halogens is 1. The molecule has 0 saturated carbocycles. The number of ether oxygens (including phenoxy) is 1. The van der Waals surface area contributed by atoms with Crippen LogP contribution in [0.3, 0.4) is 0 Å². The van der Waals surface area contributed by atoms with E-state index in [4.69, 9.17) is 9.72 Å². The van der Waals surface area contributed by atoms with Gasteiger partial charge in [-0.1, -0.05) is 0 Å². The van der Waals surface area contributed by atoms with Crippen molar-refractivity contribution in [2.24, 2.45) is 0 Å². The van der Waals surface area contributed by atoms with Crippen molar-refractivity contribution in [3.8, 4) is 0 Å². The van der Waals surface area contributed by atoms with Gasteiger partial charge in [-0.3, -0.25) is 0 Å². The average molecular weight is 319 g/mol. The Labute approximate surface area is 117 Å². The summed E-state index contributed by atoms with van der Waals surface area (Å²) in [7, 11) is 0. The number of hydrogen-bond acceptors (Lipinski definition) is 4. The maximum absolute atomic E-state index is 5.41. The largest absolute Gasteiger partial charge is 0.381 e. The lowest BCUT2D eigenvalue weighted by Crippen LogP contribution is -2.17. The van der Waals surface area contributed by atoms with Gasteiger partial charge in [-0.25, -0.2) is 4.98 Å². The zero-order valence-electron chi connectivity index (χ0n) is 9.91. The highest BCUT2D eigenvalue weighted by atomic mass is 79.9. The van der Waals surface area contributed by atoms with Crippen LogP contribution in [0, 0.1) is 0 Å². The Morgan fingerprint density at radius 2 is 1.94 bits per heavy atom. The first-order chi connectivity index (χ1) is 7.93. The predicted molar refractivity (Wildman–Crippen MR) is 75.5 cm³/mol. The molecule has 2 aliphatic heterocycles. The number of aromatic nitrogens is 1. The molecule has 0 atom stereocenters. The lowest BCUT2D eigenvalue weighted by molar-refractivity contribution is 0.0852. The van der Waals surface area contributed by atoms with E-state index in [0.29, 0.717) is 5.92 Å². The number of hydrogen-bond donors (Lipinski definition) is 1. The van der Waals surface area contributed by atoms with Crippen molar-refractivity contribution in [1.29, 1.82) is 0 Å². The van der Waals surface area contributed by atoms with E-state index in [-0.39, 0.29) is 17.0 Å². The molecule has 96 valence electrons. The molecule has 0 aliphatic carbocycles. The second-order valence-corrected chi connectivity index (χ2v) is 5.67. The summed E-state index contributed by atoms with van der Waals surface area (Å²) in [6, 6.07) is 0. The summed E-state index contributed by atoms with van der Waals surface area (Å²) in [4.78, 5) is 6.38. The lowest BCUT2D eigenvalue weighted by atomic mass is 10.0. The van der Waals surface area contributed by atoms with E-state index in [0.717, 1.165) is 52.0 Å². The molecule has 2 aliphatic rings. The Bertz CT molecular complexity index is 340. The third-order valence-corrected chi connectivity index (χ3v) is 4.75. The average Bonchev–Trinajstić information content (AvgIpc) is 2.62. The number of nitrogens with zero attached hydrogens (tertiary/aromatic N) is 1. The van der Waals surface area contributed by atoms with Gasteiger partial charge in [0.2, 0.25) is 0 Å². The quantitative estimate of drug-likeness (QED) is 0.862. The number of rotatable bonds is 1. The molecule has 3 heterocycles. The van der Waals surface area contributed by atoms with E-state index in [1.165, 1.54) is 15.6 Å². The van der Waals surface area contributed by atoms with Gasteiger partial charge in [0.15, 0.2) is 0 Å². The highest BCUT2D eigenvalue weighted by molar-refractivity contribution is 8.93. The SMILES string of the molecule is Br.C1Cc2nc(C3CCOCC3)sc2CCN1. The van der Waals surface area contributed by atoms with E-state index in [1.807, 2.05) is 11.3 Å². The molecule has 0 spiro atoms. The van der Waals surface area contributed by atoms with Crippen LogP contribution >= 0.6 is 28.3 Å². The Morgan fingerprint density at radius 1 is 1.18 bits per heavy atom. The normalized spacial score (nSPS) is 21.4. The van der Waals surface area contributed by atoms with Crippen LogP contribution < -0.4 is 5.32 Å². The maximum Gasteiger partial charge on any atom is 0.0963 e. The minimum atomic E-state index is 0. The number of nitrogens with one attached hydrogen (secondary N) is 1. The molecule has 17 heavy (non-hydrogen) atoms. The van der Waals surface area contributed by atoms with E-state index in [9.17, 15) is 0 Å². The summed E-state index contributed by atoms with van der Waals surface area (Å²) < 4.78 is 5.41. The molecule has 1 aromatic heterocycles. The lowest BCUT2D eigenvalue weighted by Gasteiger charge is -2.19. The Morgan fingerprint density at radius 3 is 2.76 bits per heavy atom. The summed E-state index contributed by atoms with van der Waals surface area (Å²) in [5, 5.41) is 4.80. The first-order valence-corrected chi connectivity index (χ1v) is 7.02. The van der Waals surface area contributed by atoms with Crippen molar-refractivity contribution in [1.82, 2.24) is 10.3 Å². The van der Waals surface area contributed by atoms with Crippen LogP contribution in [0.25, 0.3) is 0 Å². The maximum atomic E-state index is 5.41. The Hall–Kier alpha value is 0.0300. The molecule has 3 rings (SSSR count). The standard InChI is InChI=1S/C12H18N2OS.BrH/c1-5-13-6-2-11-10(1)14-12(16-11)9-3-7-15-8-4-9;/h9,13H,1-8H2;1H. The van der Waals surface area contributed by atoms with Gasteiger partial charge in [0.1, 0.15) is 0 Å². The van der Waals surface area contributed by atoms with Crippen molar-refractivity contribution < 1.29 is 4.74 Å². The fourth-order valence-corrected chi connectivity index (χ4v) is 3.73. The molecule has 1 fully saturated rings. The minimum Gasteiger partial charge on any atom is -0.381 e. The van der Waals surface area contributed by atoms with Gasteiger partial charge in [-0.2, -0.15) is 0 Å². The number of fused-ring (bicyclic) bond motifs is 1. The van der Waals surface area contributed by atoms with Crippen LogP contribution in [0.1, 0.15) is 34.3 Å². The number of thiazole rings is 1. The molecule has 1 N–H and O–H groups in total. The third-order valence-electron chi connectivity index (χ3n) is 3.43. The van der Waals surface area contributed by atoms with E-state index >= 15 is 0 Å². The molecule has 0 aromatic carbocycles. The second-order valence-electron chi connectivity index (χ2n) is 4.56. The monoisotopic (exact) mass is 318 g/mol. The molecule has 0 unspecified atom stereocenters. The van der Waals surface area contributed by atoms with Crippen molar-refractivity contribution >= 4 is 28.3 Å². The predicted octanol–water partition coefficient (Wildman–Crippen LogP) is 2.30. The second kappa shape index (κ2) is 6.27. The van der Waals surface area contributed by atoms with Gasteiger partial charge in [-0.15, -0.1) is 28.3 Å². The van der Waals surface area contributed by atoms with Crippen molar-refractivity contribution in [3.63, 3.8) is 0 Å². The zero-order valence-corrected chi connectivity index (χ0v) is 12.4. The molecule has 1 saturated heterocycles. The van der Waals surface area contributed by atoms with Crippen LogP contribution in [0.15, 0.2) is 0 Å². The molecule has 1 aromatic rings. The van der Waals surface area contributed by atoms with Gasteiger partial charge in [0, 0.05) is 43.5 Å². The van der Waals surface area contributed by atoms with Gasteiger partial charge < -0.3 is 10.1 Å². The molecule has 0 bridgehead atoms. The highest BCUT2D eigenvalue weighted by Crippen LogP contribution is 2.32. The highest BCUT2D eigenvalue weighted by Gasteiger charge is 2.22. The molecule has 5 heteroatoms. The summed E-state index contributed by atoms with van der Waals surface area (Å²) in [6.45, 7) is 4.03. The summed E-state index contributed by atoms with van der Waals surface area (Å²) in [5.74, 6) is 0.665. The fourth-order valence-electron chi connectivity index (χ4n) is 2.45. The van der Waals surface area contributed by atoms with E-state index < -0.39 is 0 Å². The molecule has 0 radical (unpaired) electrons. The summed E-state index contributed by atoms with van der Waals surface area (Å²) in [6.07, 6.45) is 4.58. The van der Waals surface area contributed by atoms with E-state index in [2.05, 4.69) is 5.32 Å². The first-order valence-electron chi connectivity index (χ1n) is 6.20. The van der Waals surface area contributed by atoms with Crippen LogP contribution in [0.2, 0.25) is 0 Å². The zero-order chi connectivity index (χ0) is 10.8. The molecular weight excluding hydrogens is 300 g/mol. The molecule has 3 nitrogen and oxygen atoms in total. The van der Waals surface area contributed by atoms with Crippen molar-refractivity contribution in [2.75, 3.05) is 26.3 Å². The Balaban J connectivity index is 0.00000108. The van der Waals surface area contributed by atoms with Crippen LogP contribution in [0.4, 0.5) is 0 Å². The van der Waals surface area contributed by atoms with Crippen molar-refractivity contribution in [2.45, 2.75) is 31.6 Å². The topological polar surface area (TPSA) is 34.1 Å². The van der Waals surface area contributed by atoms with Crippen molar-refractivity contribution in [3.05, 3.63) is 15.6 Å². The smallest absolute Gasteiger partial charge is 0.0963 e. The molecular formula is C12H19BrN2OS. The first kappa shape index (κ1) is 13.5. The third kappa shape index (κ3) is 3.08. The fraction of sp³-hybridized carbons (Fsp3) is 0.750. The van der Waals surface area contributed by atoms with Gasteiger partial charge in [0.05, 0.1) is 10.7 Å².